The molecule has 0 amide bonds. The van der Waals surface area contributed by atoms with Crippen LogP contribution in [0.4, 0.5) is 0 Å². The molecule has 0 heterocycles. The highest BCUT2D eigenvalue weighted by molar-refractivity contribution is 7.87. The fraction of sp³-hybridized carbons (Fsp3) is 0.692. The Morgan fingerprint density at radius 1 is 1.42 bits per heavy atom. The zero-order valence-electron chi connectivity index (χ0n) is 11.0. The zero-order valence-corrected chi connectivity index (χ0v) is 11.8. The van der Waals surface area contributed by atoms with E-state index in [2.05, 4.69) is 6.08 Å². The summed E-state index contributed by atoms with van der Waals surface area (Å²) in [5.74, 6) is -0.216. The second-order valence-electron chi connectivity index (χ2n) is 5.28. The van der Waals surface area contributed by atoms with Gasteiger partial charge in [-0.05, 0) is 30.9 Å². The van der Waals surface area contributed by atoms with E-state index >= 15 is 0 Å². The molecule has 0 saturated heterocycles. The number of nitrogens with one attached hydrogen (secondary N) is 2. The third kappa shape index (κ3) is 2.88. The maximum absolute atomic E-state index is 11.7. The molecule has 0 aromatic carbocycles. The summed E-state index contributed by atoms with van der Waals surface area (Å²) in [5.41, 5.74) is 0. The topological polar surface area (TPSA) is 91.1 Å². The number of allylic oxidation sites excluding steroid dienone is 2. The number of unbranched alkanes of at least 4 members (excludes halogenated alkanes) is 1. The molecule has 2 rings (SSSR count). The fourth-order valence-corrected chi connectivity index (χ4v) is 4.12. The normalized spacial score (nSPS) is 32.5. The van der Waals surface area contributed by atoms with Crippen molar-refractivity contribution in [3.8, 4) is 0 Å². The van der Waals surface area contributed by atoms with Gasteiger partial charge in [-0.25, -0.2) is 0 Å². The summed E-state index contributed by atoms with van der Waals surface area (Å²) in [6.07, 6.45) is 7.62. The van der Waals surface area contributed by atoms with Gasteiger partial charge in [0.05, 0.1) is 11.7 Å². The molecule has 0 aromatic rings. The lowest BCUT2D eigenvalue weighted by atomic mass is 9.84. The van der Waals surface area contributed by atoms with Gasteiger partial charge in [-0.1, -0.05) is 25.5 Å². The van der Waals surface area contributed by atoms with Crippen molar-refractivity contribution in [2.24, 2.45) is 23.7 Å². The Kier molecular flexibility index (Phi) is 4.08. The lowest BCUT2D eigenvalue weighted by molar-refractivity contribution is 0.404. The van der Waals surface area contributed by atoms with Crippen molar-refractivity contribution < 1.29 is 12.6 Å². The molecule has 4 atom stereocenters. The molecule has 0 aromatic heterocycles. The highest BCUT2D eigenvalue weighted by Crippen LogP contribution is 2.47. The van der Waals surface area contributed by atoms with E-state index < -0.39 is 10.1 Å². The fourth-order valence-electron chi connectivity index (χ4n) is 3.01. The Morgan fingerprint density at radius 2 is 2.11 bits per heavy atom. The van der Waals surface area contributed by atoms with Gasteiger partial charge >= 0.3 is 10.1 Å². The summed E-state index contributed by atoms with van der Waals surface area (Å²) < 4.78 is 28.4. The van der Waals surface area contributed by atoms with Crippen molar-refractivity contribution in [1.29, 1.82) is 10.8 Å². The first-order valence-corrected chi connectivity index (χ1v) is 8.25. The Morgan fingerprint density at radius 3 is 2.74 bits per heavy atom. The largest absolute Gasteiger partial charge is 0.367 e. The Balaban J connectivity index is 2.04. The Hall–Kier alpha value is -1.17. The summed E-state index contributed by atoms with van der Waals surface area (Å²) in [6, 6.07) is 0. The molecule has 19 heavy (non-hydrogen) atoms. The van der Waals surface area contributed by atoms with E-state index in [0.29, 0.717) is 6.42 Å². The Labute approximate surface area is 114 Å². The predicted molar refractivity (Wildman–Crippen MR) is 74.0 cm³/mol. The predicted octanol–water partition coefficient (Wildman–Crippen LogP) is 2.20. The smallest absolute Gasteiger partial charge is 0.310 e. The minimum atomic E-state index is -3.65. The molecule has 6 heteroatoms. The molecule has 106 valence electrons. The molecule has 5 nitrogen and oxygen atoms in total. The van der Waals surface area contributed by atoms with E-state index in [4.69, 9.17) is 15.0 Å². The Bertz CT molecular complexity index is 498. The number of hydrogen-bond donors (Lipinski definition) is 2. The molecule has 2 aliphatic carbocycles. The van der Waals surface area contributed by atoms with Crippen molar-refractivity contribution in [3.05, 3.63) is 12.2 Å². The van der Waals surface area contributed by atoms with Crippen LogP contribution in [0.25, 0.3) is 0 Å². The van der Waals surface area contributed by atoms with Crippen LogP contribution in [-0.2, 0) is 14.3 Å². The summed E-state index contributed by atoms with van der Waals surface area (Å²) in [5, 5.41) is 15.4. The van der Waals surface area contributed by atoms with Crippen molar-refractivity contribution in [2.75, 3.05) is 5.75 Å². The van der Waals surface area contributed by atoms with Gasteiger partial charge in [-0.3, -0.25) is 5.41 Å². The number of fused-ring (bicyclic) bond motifs is 2. The maximum atomic E-state index is 11.7. The summed E-state index contributed by atoms with van der Waals surface area (Å²) in [4.78, 5) is 0. The molecule has 2 N–H and O–H groups in total. The maximum Gasteiger partial charge on any atom is 0.310 e. The van der Waals surface area contributed by atoms with Crippen molar-refractivity contribution in [3.63, 3.8) is 0 Å². The van der Waals surface area contributed by atoms with Gasteiger partial charge in [0.15, 0.2) is 0 Å². The van der Waals surface area contributed by atoms with Gasteiger partial charge in [0.1, 0.15) is 0 Å². The van der Waals surface area contributed by atoms with Gasteiger partial charge < -0.3 is 9.59 Å². The molecule has 4 unspecified atom stereocenters. The minimum absolute atomic E-state index is 0.0439. The quantitative estimate of drug-likeness (QED) is 0.339. The van der Waals surface area contributed by atoms with Gasteiger partial charge in [-0.15, -0.1) is 0 Å². The van der Waals surface area contributed by atoms with Crippen LogP contribution in [0, 0.1) is 34.5 Å². The monoisotopic (exact) mass is 284 g/mol. The molecule has 2 bridgehead atoms. The number of hydrogen-bond acceptors (Lipinski definition) is 5. The van der Waals surface area contributed by atoms with Crippen molar-refractivity contribution >= 4 is 22.2 Å². The third-order valence-electron chi connectivity index (χ3n) is 3.98. The van der Waals surface area contributed by atoms with Crippen LogP contribution in [0.2, 0.25) is 0 Å². The SMILES string of the molecule is CCCCS(=O)(=O)OC(=N)C1C2C=CC(C2)C1C=N. The van der Waals surface area contributed by atoms with Gasteiger partial charge in [0.2, 0.25) is 5.90 Å². The average molecular weight is 284 g/mol. The second-order valence-corrected chi connectivity index (χ2v) is 6.97. The van der Waals surface area contributed by atoms with Crippen LogP contribution < -0.4 is 0 Å². The average Bonchev–Trinajstić information content (AvgIpc) is 2.95. The van der Waals surface area contributed by atoms with E-state index in [1.54, 1.807) is 0 Å². The van der Waals surface area contributed by atoms with Gasteiger partial charge in [0, 0.05) is 5.92 Å². The summed E-state index contributed by atoms with van der Waals surface area (Å²) >= 11 is 0. The molecule has 0 radical (unpaired) electrons. The molecule has 1 fully saturated rings. The van der Waals surface area contributed by atoms with Crippen LogP contribution in [0.5, 0.6) is 0 Å². The van der Waals surface area contributed by atoms with E-state index in [1.807, 2.05) is 13.0 Å². The van der Waals surface area contributed by atoms with Gasteiger partial charge in [0.25, 0.3) is 0 Å². The minimum Gasteiger partial charge on any atom is -0.367 e. The molecule has 0 aliphatic heterocycles. The number of rotatable bonds is 6. The van der Waals surface area contributed by atoms with Crippen LogP contribution in [0.15, 0.2) is 12.2 Å². The van der Waals surface area contributed by atoms with Crippen LogP contribution in [-0.4, -0.2) is 26.3 Å². The van der Waals surface area contributed by atoms with E-state index in [1.165, 1.54) is 6.21 Å². The van der Waals surface area contributed by atoms with E-state index in [9.17, 15) is 8.42 Å². The standard InChI is InChI=1S/C13H20N2O3S/c1-2-3-6-19(16,17)18-13(15)12-10-5-4-9(7-10)11(12)8-14/h4-5,8-12,14-15H,2-3,6-7H2,1H3. The second kappa shape index (κ2) is 5.45. The lowest BCUT2D eigenvalue weighted by Gasteiger charge is -2.24. The first-order chi connectivity index (χ1) is 8.98. The molecular formula is C13H20N2O3S. The van der Waals surface area contributed by atoms with E-state index in [-0.39, 0.29) is 35.3 Å². The van der Waals surface area contributed by atoms with Gasteiger partial charge in [-0.2, -0.15) is 8.42 Å². The first-order valence-electron chi connectivity index (χ1n) is 6.68. The van der Waals surface area contributed by atoms with Crippen LogP contribution in [0.1, 0.15) is 26.2 Å². The highest BCUT2D eigenvalue weighted by atomic mass is 32.2. The van der Waals surface area contributed by atoms with Crippen LogP contribution >= 0.6 is 0 Å². The highest BCUT2D eigenvalue weighted by Gasteiger charge is 2.47. The molecule has 1 saturated carbocycles. The van der Waals surface area contributed by atoms with Crippen molar-refractivity contribution in [2.45, 2.75) is 26.2 Å². The lowest BCUT2D eigenvalue weighted by Crippen LogP contribution is -2.31. The van der Waals surface area contributed by atoms with Crippen molar-refractivity contribution in [1.82, 2.24) is 0 Å². The molecule has 2 aliphatic rings. The zero-order chi connectivity index (χ0) is 14.0. The molecular weight excluding hydrogens is 264 g/mol. The summed E-state index contributed by atoms with van der Waals surface area (Å²) in [6.45, 7) is 1.91. The van der Waals surface area contributed by atoms with E-state index in [0.717, 1.165) is 12.8 Å². The third-order valence-corrected chi connectivity index (χ3v) is 5.20. The summed E-state index contributed by atoms with van der Waals surface area (Å²) in [7, 11) is -3.65. The first kappa shape index (κ1) is 14.2. The van der Waals surface area contributed by atoms with Crippen LogP contribution in [0.3, 0.4) is 0 Å². The molecule has 0 spiro atoms.